The van der Waals surface area contributed by atoms with E-state index in [0.29, 0.717) is 52.7 Å². The quantitative estimate of drug-likeness (QED) is 0.215. The molecule has 22 heavy (non-hydrogen) atoms. The van der Waals surface area contributed by atoms with Crippen LogP contribution in [0, 0.1) is 0 Å². The molecule has 0 rings (SSSR count). The predicted molar refractivity (Wildman–Crippen MR) is 79.8 cm³/mol. The van der Waals surface area contributed by atoms with Crippen molar-refractivity contribution in [3.05, 3.63) is 0 Å². The van der Waals surface area contributed by atoms with Gasteiger partial charge in [-0.15, -0.1) is 0 Å². The lowest BCUT2D eigenvalue weighted by Gasteiger charge is -2.17. The van der Waals surface area contributed by atoms with Crippen molar-refractivity contribution in [3.63, 3.8) is 0 Å². The minimum atomic E-state index is -2.08. The lowest BCUT2D eigenvalue weighted by molar-refractivity contribution is 0.0229. The molecule has 0 bridgehead atoms. The first-order chi connectivity index (χ1) is 10.7. The highest BCUT2D eigenvalue weighted by Gasteiger charge is 2.10. The molecule has 9 nitrogen and oxygen atoms in total. The fourth-order valence-electron chi connectivity index (χ4n) is 1.37. The van der Waals surface area contributed by atoms with E-state index in [-0.39, 0.29) is 26.4 Å². The Hall–Kier alpha value is -0.170. The Morgan fingerprint density at radius 3 is 1.36 bits per heavy atom. The van der Waals surface area contributed by atoms with Gasteiger partial charge in [-0.25, -0.2) is 4.21 Å². The molecule has 134 valence electrons. The van der Waals surface area contributed by atoms with E-state index in [4.69, 9.17) is 33.7 Å². The summed E-state index contributed by atoms with van der Waals surface area (Å²) in [6.07, 6.45) is 0. The molecule has 3 N–H and O–H groups in total. The number of hydrogen-bond acceptors (Lipinski definition) is 7. The fraction of sp³-hybridized carbons (Fsp3) is 1.00. The number of aliphatic hydroxyl groups excluding tert-OH is 2. The number of rotatable bonds is 17. The van der Waals surface area contributed by atoms with Crippen LogP contribution in [-0.4, -0.2) is 102 Å². The first-order valence-electron chi connectivity index (χ1n) is 7.11. The van der Waals surface area contributed by atoms with Gasteiger partial charge >= 0.3 is 0 Å². The van der Waals surface area contributed by atoms with E-state index in [1.807, 2.05) is 0 Å². The van der Waals surface area contributed by atoms with E-state index >= 15 is 0 Å². The lowest BCUT2D eigenvalue weighted by Crippen LogP contribution is -2.33. The molecule has 0 spiro atoms. The van der Waals surface area contributed by atoms with Crippen molar-refractivity contribution >= 4 is 11.3 Å². The summed E-state index contributed by atoms with van der Waals surface area (Å²) in [5, 5.41) is 17.0. The standard InChI is InChI=1S/C12H27NO8S/c14-3-7-20-11-9-18-5-1-13(22(16)17)2-6-19-10-12-21-8-4-15/h14-15H,1-12H2,(H,16,17). The number of aliphatic hydroxyl groups is 2. The SMILES string of the molecule is O=S(O)N(CCOCCOCCO)CCOCCOCCO. The van der Waals surface area contributed by atoms with Gasteiger partial charge in [-0.2, -0.15) is 4.31 Å². The Morgan fingerprint density at radius 1 is 0.682 bits per heavy atom. The summed E-state index contributed by atoms with van der Waals surface area (Å²) < 4.78 is 42.1. The smallest absolute Gasteiger partial charge is 0.234 e. The molecular formula is C12H27NO8S. The van der Waals surface area contributed by atoms with Gasteiger partial charge in [-0.1, -0.05) is 0 Å². The van der Waals surface area contributed by atoms with Crippen molar-refractivity contribution in [3.8, 4) is 0 Å². The van der Waals surface area contributed by atoms with Crippen molar-refractivity contribution in [2.45, 2.75) is 0 Å². The molecule has 0 aliphatic heterocycles. The van der Waals surface area contributed by atoms with Crippen LogP contribution in [0.15, 0.2) is 0 Å². The van der Waals surface area contributed by atoms with E-state index in [2.05, 4.69) is 0 Å². The largest absolute Gasteiger partial charge is 0.394 e. The highest BCUT2D eigenvalue weighted by atomic mass is 32.2. The van der Waals surface area contributed by atoms with Crippen LogP contribution in [0.25, 0.3) is 0 Å². The Balaban J connectivity index is 3.51. The van der Waals surface area contributed by atoms with Crippen molar-refractivity contribution in [1.29, 1.82) is 0 Å². The minimum absolute atomic E-state index is 0.0255. The third-order valence-electron chi connectivity index (χ3n) is 2.41. The van der Waals surface area contributed by atoms with Crippen LogP contribution in [0.4, 0.5) is 0 Å². The second kappa shape index (κ2) is 17.2. The minimum Gasteiger partial charge on any atom is -0.394 e. The van der Waals surface area contributed by atoms with Crippen LogP contribution in [0.3, 0.4) is 0 Å². The zero-order chi connectivity index (χ0) is 16.5. The zero-order valence-corrected chi connectivity index (χ0v) is 13.5. The molecule has 0 aromatic heterocycles. The van der Waals surface area contributed by atoms with Gasteiger partial charge < -0.3 is 29.2 Å². The number of hydrogen-bond donors (Lipinski definition) is 3. The molecule has 0 aromatic rings. The predicted octanol–water partition coefficient (Wildman–Crippen LogP) is -1.52. The first-order valence-corrected chi connectivity index (χ1v) is 8.17. The Morgan fingerprint density at radius 2 is 1.05 bits per heavy atom. The highest BCUT2D eigenvalue weighted by molar-refractivity contribution is 7.76. The molecule has 0 fully saturated rings. The number of nitrogens with zero attached hydrogens (tertiary/aromatic N) is 1. The van der Waals surface area contributed by atoms with E-state index < -0.39 is 11.3 Å². The van der Waals surface area contributed by atoms with Crippen LogP contribution >= 0.6 is 0 Å². The summed E-state index contributed by atoms with van der Waals surface area (Å²) in [6, 6.07) is 0. The van der Waals surface area contributed by atoms with Gasteiger partial charge in [0.1, 0.15) is 0 Å². The van der Waals surface area contributed by atoms with Crippen LogP contribution in [0.1, 0.15) is 0 Å². The van der Waals surface area contributed by atoms with E-state index in [0.717, 1.165) is 0 Å². The van der Waals surface area contributed by atoms with Gasteiger partial charge in [0.15, 0.2) is 0 Å². The molecule has 0 aromatic carbocycles. The van der Waals surface area contributed by atoms with Crippen molar-refractivity contribution < 1.29 is 37.9 Å². The van der Waals surface area contributed by atoms with Crippen LogP contribution in [-0.2, 0) is 30.2 Å². The highest BCUT2D eigenvalue weighted by Crippen LogP contribution is 1.93. The van der Waals surface area contributed by atoms with Gasteiger partial charge in [-0.3, -0.25) is 4.55 Å². The van der Waals surface area contributed by atoms with E-state index in [1.54, 1.807) is 0 Å². The maximum atomic E-state index is 11.1. The van der Waals surface area contributed by atoms with E-state index in [1.165, 1.54) is 4.31 Å². The normalized spacial score (nSPS) is 12.9. The van der Waals surface area contributed by atoms with Gasteiger partial charge in [0.25, 0.3) is 0 Å². The topological polar surface area (TPSA) is 118 Å². The molecule has 1 atom stereocenters. The maximum absolute atomic E-state index is 11.1. The Kier molecular flexibility index (Phi) is 17.1. The second-order valence-electron chi connectivity index (χ2n) is 4.06. The molecule has 0 saturated heterocycles. The van der Waals surface area contributed by atoms with Crippen LogP contribution in [0.2, 0.25) is 0 Å². The average Bonchev–Trinajstić information content (AvgIpc) is 2.50. The summed E-state index contributed by atoms with van der Waals surface area (Å²) in [5.41, 5.74) is 0. The summed E-state index contributed by atoms with van der Waals surface area (Å²) >= 11 is -2.08. The maximum Gasteiger partial charge on any atom is 0.234 e. The third kappa shape index (κ3) is 14.8. The Bertz CT molecular complexity index is 241. The molecular weight excluding hydrogens is 318 g/mol. The summed E-state index contributed by atoms with van der Waals surface area (Å²) in [7, 11) is 0. The molecule has 10 heteroatoms. The molecule has 0 saturated carbocycles. The fourth-order valence-corrected chi connectivity index (χ4v) is 1.84. The molecule has 0 aliphatic rings. The zero-order valence-electron chi connectivity index (χ0n) is 12.7. The second-order valence-corrected chi connectivity index (χ2v) is 5.03. The van der Waals surface area contributed by atoms with Gasteiger partial charge in [0, 0.05) is 13.1 Å². The lowest BCUT2D eigenvalue weighted by atomic mass is 10.6. The van der Waals surface area contributed by atoms with Crippen LogP contribution in [0.5, 0.6) is 0 Å². The number of ether oxygens (including phenoxy) is 4. The monoisotopic (exact) mass is 345 g/mol. The molecule has 1 unspecified atom stereocenters. The molecule has 0 aliphatic carbocycles. The van der Waals surface area contributed by atoms with Crippen molar-refractivity contribution in [2.75, 3.05) is 79.2 Å². The van der Waals surface area contributed by atoms with Gasteiger partial charge in [0.05, 0.1) is 66.1 Å². The summed E-state index contributed by atoms with van der Waals surface area (Å²) in [4.78, 5) is 0. The van der Waals surface area contributed by atoms with Gasteiger partial charge in [0.2, 0.25) is 11.3 Å². The third-order valence-corrected chi connectivity index (χ3v) is 3.21. The first kappa shape index (κ1) is 21.8. The van der Waals surface area contributed by atoms with Crippen molar-refractivity contribution in [2.24, 2.45) is 0 Å². The van der Waals surface area contributed by atoms with Gasteiger partial charge in [-0.05, 0) is 0 Å². The van der Waals surface area contributed by atoms with Crippen LogP contribution < -0.4 is 0 Å². The van der Waals surface area contributed by atoms with E-state index in [9.17, 15) is 4.21 Å². The molecule has 0 amide bonds. The summed E-state index contributed by atoms with van der Waals surface area (Å²) in [6.45, 7) is 3.17. The summed E-state index contributed by atoms with van der Waals surface area (Å²) in [5.74, 6) is 0. The molecule has 0 radical (unpaired) electrons. The average molecular weight is 345 g/mol. The molecule has 0 heterocycles. The van der Waals surface area contributed by atoms with Crippen molar-refractivity contribution in [1.82, 2.24) is 4.31 Å². The Labute approximate surface area is 133 Å².